The standard InChI is InChI=1S/C16H14Br2O2/c1-2-7-20-15-5-3-11(4-6-15)16(19)12-8-13(17)10-14(18)9-12/h3-6,8-10H,2,7H2,1H3. The molecule has 2 aromatic rings. The summed E-state index contributed by atoms with van der Waals surface area (Å²) in [5.74, 6) is 0.785. The van der Waals surface area contributed by atoms with Gasteiger partial charge in [0.25, 0.3) is 0 Å². The average Bonchev–Trinajstić information content (AvgIpc) is 2.44. The Balaban J connectivity index is 2.20. The summed E-state index contributed by atoms with van der Waals surface area (Å²) in [6.45, 7) is 2.74. The van der Waals surface area contributed by atoms with Crippen molar-refractivity contribution in [3.05, 3.63) is 62.5 Å². The van der Waals surface area contributed by atoms with Crippen molar-refractivity contribution in [2.75, 3.05) is 6.61 Å². The number of hydrogen-bond acceptors (Lipinski definition) is 2. The van der Waals surface area contributed by atoms with E-state index < -0.39 is 0 Å². The van der Waals surface area contributed by atoms with Crippen molar-refractivity contribution in [1.29, 1.82) is 0 Å². The Kier molecular flexibility index (Phi) is 5.38. The van der Waals surface area contributed by atoms with Crippen molar-refractivity contribution in [2.45, 2.75) is 13.3 Å². The maximum Gasteiger partial charge on any atom is 0.193 e. The van der Waals surface area contributed by atoms with Gasteiger partial charge in [-0.15, -0.1) is 0 Å². The Morgan fingerprint density at radius 1 is 1.00 bits per heavy atom. The van der Waals surface area contributed by atoms with Crippen LogP contribution in [0.4, 0.5) is 0 Å². The van der Waals surface area contributed by atoms with Crippen molar-refractivity contribution >= 4 is 37.6 Å². The van der Waals surface area contributed by atoms with E-state index in [9.17, 15) is 4.79 Å². The van der Waals surface area contributed by atoms with Crippen LogP contribution in [0, 0.1) is 0 Å². The third kappa shape index (κ3) is 3.93. The van der Waals surface area contributed by atoms with E-state index >= 15 is 0 Å². The molecule has 0 saturated heterocycles. The van der Waals surface area contributed by atoms with Gasteiger partial charge in [-0.3, -0.25) is 4.79 Å². The molecule has 0 aliphatic rings. The van der Waals surface area contributed by atoms with Gasteiger partial charge in [0.15, 0.2) is 5.78 Å². The lowest BCUT2D eigenvalue weighted by molar-refractivity contribution is 0.103. The number of benzene rings is 2. The van der Waals surface area contributed by atoms with Gasteiger partial charge in [0.2, 0.25) is 0 Å². The Morgan fingerprint density at radius 2 is 1.60 bits per heavy atom. The Labute approximate surface area is 135 Å². The van der Waals surface area contributed by atoms with Gasteiger partial charge >= 0.3 is 0 Å². The molecular formula is C16H14Br2O2. The first kappa shape index (κ1) is 15.3. The van der Waals surface area contributed by atoms with Gasteiger partial charge in [0.05, 0.1) is 6.61 Å². The lowest BCUT2D eigenvalue weighted by atomic mass is 10.0. The zero-order valence-electron chi connectivity index (χ0n) is 11.0. The van der Waals surface area contributed by atoms with E-state index in [1.165, 1.54) is 0 Å². The molecule has 0 atom stereocenters. The van der Waals surface area contributed by atoms with Crippen molar-refractivity contribution in [3.63, 3.8) is 0 Å². The minimum Gasteiger partial charge on any atom is -0.494 e. The molecule has 0 amide bonds. The maximum atomic E-state index is 12.4. The van der Waals surface area contributed by atoms with Gasteiger partial charge in [0, 0.05) is 20.1 Å². The fraction of sp³-hybridized carbons (Fsp3) is 0.188. The van der Waals surface area contributed by atoms with Crippen LogP contribution in [0.1, 0.15) is 29.3 Å². The second kappa shape index (κ2) is 7.04. The van der Waals surface area contributed by atoms with Crippen LogP contribution in [0.5, 0.6) is 5.75 Å². The molecule has 2 rings (SSSR count). The molecule has 0 N–H and O–H groups in total. The second-order valence-corrected chi connectivity index (χ2v) is 6.19. The topological polar surface area (TPSA) is 26.3 Å². The number of hydrogen-bond donors (Lipinski definition) is 0. The normalized spacial score (nSPS) is 10.3. The van der Waals surface area contributed by atoms with E-state index in [4.69, 9.17) is 4.74 Å². The molecule has 0 spiro atoms. The minimum absolute atomic E-state index is 0.00552. The van der Waals surface area contributed by atoms with Crippen molar-refractivity contribution in [1.82, 2.24) is 0 Å². The van der Waals surface area contributed by atoms with Crippen LogP contribution in [0.3, 0.4) is 0 Å². The summed E-state index contributed by atoms with van der Waals surface area (Å²) in [5, 5.41) is 0. The number of carbonyl (C=O) groups is 1. The van der Waals surface area contributed by atoms with Gasteiger partial charge in [-0.25, -0.2) is 0 Å². The third-order valence-electron chi connectivity index (χ3n) is 2.71. The summed E-state index contributed by atoms with van der Waals surface area (Å²) >= 11 is 6.78. The van der Waals surface area contributed by atoms with Crippen LogP contribution in [-0.2, 0) is 0 Å². The van der Waals surface area contributed by atoms with E-state index in [0.29, 0.717) is 17.7 Å². The molecule has 0 aliphatic carbocycles. The van der Waals surface area contributed by atoms with Crippen molar-refractivity contribution in [2.24, 2.45) is 0 Å². The highest BCUT2D eigenvalue weighted by Crippen LogP contribution is 2.23. The van der Waals surface area contributed by atoms with Gasteiger partial charge in [0.1, 0.15) is 5.75 Å². The molecule has 0 bridgehead atoms. The number of rotatable bonds is 5. The molecule has 0 heterocycles. The molecule has 0 radical (unpaired) electrons. The van der Waals surface area contributed by atoms with Crippen LogP contribution in [0.25, 0.3) is 0 Å². The fourth-order valence-corrected chi connectivity index (χ4v) is 3.07. The maximum absolute atomic E-state index is 12.4. The van der Waals surface area contributed by atoms with Gasteiger partial charge in [-0.05, 0) is 48.9 Å². The fourth-order valence-electron chi connectivity index (χ4n) is 1.77. The quantitative estimate of drug-likeness (QED) is 0.645. The van der Waals surface area contributed by atoms with Gasteiger partial charge in [-0.2, -0.15) is 0 Å². The Bertz CT molecular complexity index is 586. The predicted molar refractivity (Wildman–Crippen MR) is 87.5 cm³/mol. The van der Waals surface area contributed by atoms with Crippen LogP contribution >= 0.6 is 31.9 Å². The van der Waals surface area contributed by atoms with Crippen LogP contribution in [-0.4, -0.2) is 12.4 Å². The SMILES string of the molecule is CCCOc1ccc(C(=O)c2cc(Br)cc(Br)c2)cc1. The van der Waals surface area contributed by atoms with Crippen molar-refractivity contribution < 1.29 is 9.53 Å². The Hall–Kier alpha value is -1.13. The van der Waals surface area contributed by atoms with Gasteiger partial charge < -0.3 is 4.74 Å². The molecule has 20 heavy (non-hydrogen) atoms. The predicted octanol–water partition coefficient (Wildman–Crippen LogP) is 5.23. The number of ketones is 1. The first-order chi connectivity index (χ1) is 9.60. The highest BCUT2D eigenvalue weighted by Gasteiger charge is 2.10. The lowest BCUT2D eigenvalue weighted by Gasteiger charge is -2.06. The van der Waals surface area contributed by atoms with E-state index in [-0.39, 0.29) is 5.78 Å². The van der Waals surface area contributed by atoms with E-state index in [1.807, 2.05) is 30.3 Å². The number of halogens is 2. The molecule has 4 heteroatoms. The van der Waals surface area contributed by atoms with Gasteiger partial charge in [-0.1, -0.05) is 38.8 Å². The summed E-state index contributed by atoms with van der Waals surface area (Å²) < 4.78 is 7.25. The number of ether oxygens (including phenoxy) is 1. The molecule has 0 fully saturated rings. The molecule has 0 unspecified atom stereocenters. The largest absolute Gasteiger partial charge is 0.494 e. The monoisotopic (exact) mass is 396 g/mol. The van der Waals surface area contributed by atoms with E-state index in [1.54, 1.807) is 12.1 Å². The smallest absolute Gasteiger partial charge is 0.193 e. The first-order valence-electron chi connectivity index (χ1n) is 6.34. The zero-order chi connectivity index (χ0) is 14.5. The van der Waals surface area contributed by atoms with E-state index in [2.05, 4.69) is 38.8 Å². The number of carbonyl (C=O) groups excluding carboxylic acids is 1. The highest BCUT2D eigenvalue weighted by molar-refractivity contribution is 9.11. The summed E-state index contributed by atoms with van der Waals surface area (Å²) in [7, 11) is 0. The van der Waals surface area contributed by atoms with Crippen LogP contribution < -0.4 is 4.74 Å². The Morgan fingerprint density at radius 3 is 2.15 bits per heavy atom. The molecule has 0 saturated carbocycles. The van der Waals surface area contributed by atoms with Crippen LogP contribution in [0.15, 0.2) is 51.4 Å². The summed E-state index contributed by atoms with van der Waals surface area (Å²) in [4.78, 5) is 12.4. The van der Waals surface area contributed by atoms with Crippen LogP contribution in [0.2, 0.25) is 0 Å². The summed E-state index contributed by atoms with van der Waals surface area (Å²) in [5.41, 5.74) is 1.30. The van der Waals surface area contributed by atoms with Crippen molar-refractivity contribution in [3.8, 4) is 5.75 Å². The molecule has 0 aliphatic heterocycles. The highest BCUT2D eigenvalue weighted by atomic mass is 79.9. The molecule has 0 aromatic heterocycles. The molecule has 2 nitrogen and oxygen atoms in total. The zero-order valence-corrected chi connectivity index (χ0v) is 14.2. The van der Waals surface area contributed by atoms with E-state index in [0.717, 1.165) is 21.1 Å². The lowest BCUT2D eigenvalue weighted by Crippen LogP contribution is -2.02. The summed E-state index contributed by atoms with van der Waals surface area (Å²) in [6, 6.07) is 12.8. The minimum atomic E-state index is -0.00552. The second-order valence-electron chi connectivity index (χ2n) is 4.36. The average molecular weight is 398 g/mol. The molecule has 104 valence electrons. The molecule has 2 aromatic carbocycles. The molecular weight excluding hydrogens is 384 g/mol. The summed E-state index contributed by atoms with van der Waals surface area (Å²) in [6.07, 6.45) is 0.965. The third-order valence-corrected chi connectivity index (χ3v) is 3.63. The first-order valence-corrected chi connectivity index (χ1v) is 7.92.